The van der Waals surface area contributed by atoms with Gasteiger partial charge in [-0.05, 0) is 138 Å². The van der Waals surface area contributed by atoms with E-state index in [-0.39, 0.29) is 45.2 Å². The number of hydrogen-bond acceptors (Lipinski definition) is 3. The molecule has 1 fully saturated rings. The molecule has 3 heterocycles. The summed E-state index contributed by atoms with van der Waals surface area (Å²) in [6, 6.07) is 41.4. The van der Waals surface area contributed by atoms with Gasteiger partial charge in [0.25, 0.3) is 6.71 Å². The third kappa shape index (κ3) is 6.24. The van der Waals surface area contributed by atoms with Crippen molar-refractivity contribution in [3.05, 3.63) is 154 Å². The number of nitrogens with zero attached hydrogens (tertiary/aromatic N) is 2. The van der Waals surface area contributed by atoms with Gasteiger partial charge in [0.1, 0.15) is 0 Å². The molecule has 0 amide bonds. The molecule has 2 nitrogen and oxygen atoms in total. The Bertz CT molecular complexity index is 3020. The number of benzene rings is 5. The summed E-state index contributed by atoms with van der Waals surface area (Å²) in [7, 11) is 0. The first-order chi connectivity index (χ1) is 30.4. The van der Waals surface area contributed by atoms with Crippen LogP contribution in [0, 0.1) is 16.7 Å². The quantitative estimate of drug-likeness (QED) is 0.160. The van der Waals surface area contributed by atoms with E-state index < -0.39 is 0 Å². The molecule has 0 saturated heterocycles. The third-order valence-electron chi connectivity index (χ3n) is 16.7. The van der Waals surface area contributed by atoms with Crippen LogP contribution in [0.2, 0.25) is 0 Å². The lowest BCUT2D eigenvalue weighted by Crippen LogP contribution is -2.65. The Hall–Kier alpha value is -4.80. The number of allylic oxidation sites excluding steroid dienone is 1. The average molecular weight is 873 g/mol. The minimum Gasteiger partial charge on any atom is -0.334 e. The van der Waals surface area contributed by atoms with Gasteiger partial charge in [-0.1, -0.05) is 170 Å². The molecule has 2 unspecified atom stereocenters. The molecule has 3 aliphatic carbocycles. The van der Waals surface area contributed by atoms with Crippen molar-refractivity contribution in [3.8, 4) is 11.1 Å². The van der Waals surface area contributed by atoms with Crippen LogP contribution in [-0.2, 0) is 21.7 Å². The fourth-order valence-electron chi connectivity index (χ4n) is 12.7. The van der Waals surface area contributed by atoms with Crippen LogP contribution in [0.3, 0.4) is 0 Å². The largest absolute Gasteiger partial charge is 0.334 e. The molecule has 11 rings (SSSR count). The summed E-state index contributed by atoms with van der Waals surface area (Å²) in [5.74, 6) is 0.310. The summed E-state index contributed by atoms with van der Waals surface area (Å²) in [6.07, 6.45) is 5.10. The van der Waals surface area contributed by atoms with E-state index in [1.54, 1.807) is 11.0 Å². The zero-order valence-corrected chi connectivity index (χ0v) is 42.7. The predicted molar refractivity (Wildman–Crippen MR) is 283 cm³/mol. The maximum absolute atomic E-state index is 2.89. The van der Waals surface area contributed by atoms with Gasteiger partial charge in [0.05, 0.1) is 11.7 Å². The van der Waals surface area contributed by atoms with E-state index in [4.69, 9.17) is 0 Å². The molecule has 1 aromatic heterocycles. The minimum absolute atomic E-state index is 0.00439. The van der Waals surface area contributed by atoms with E-state index in [2.05, 4.69) is 234 Å². The maximum Gasteiger partial charge on any atom is 0.259 e. The highest BCUT2D eigenvalue weighted by molar-refractivity contribution is 7.32. The van der Waals surface area contributed by atoms with Gasteiger partial charge in [-0.15, -0.1) is 11.3 Å². The number of hydrogen-bond donors (Lipinski definition) is 0. The maximum atomic E-state index is 2.89. The van der Waals surface area contributed by atoms with Crippen LogP contribution < -0.4 is 20.0 Å². The normalized spacial score (nSPS) is 21.3. The molecule has 2 aliphatic heterocycles. The average Bonchev–Trinajstić information content (AvgIpc) is 3.71. The van der Waals surface area contributed by atoms with Crippen molar-refractivity contribution < 1.29 is 0 Å². The molecule has 2 atom stereocenters. The Morgan fingerprint density at radius 1 is 0.615 bits per heavy atom. The molecular weight excluding hydrogens is 804 g/mol. The zero-order valence-electron chi connectivity index (χ0n) is 41.8. The van der Waals surface area contributed by atoms with E-state index in [0.717, 1.165) is 0 Å². The first-order valence-corrected chi connectivity index (χ1v) is 25.3. The third-order valence-corrected chi connectivity index (χ3v) is 18.0. The van der Waals surface area contributed by atoms with Crippen molar-refractivity contribution in [2.45, 2.75) is 144 Å². The fourth-order valence-corrected chi connectivity index (χ4v) is 14.1. The Labute approximate surface area is 394 Å². The number of anilines is 4. The summed E-state index contributed by atoms with van der Waals surface area (Å²) >= 11 is 2.07. The highest BCUT2D eigenvalue weighted by Crippen LogP contribution is 2.62. The van der Waals surface area contributed by atoms with Crippen molar-refractivity contribution in [2.24, 2.45) is 16.7 Å². The molecule has 65 heavy (non-hydrogen) atoms. The Kier molecular flexibility index (Phi) is 8.99. The summed E-state index contributed by atoms with van der Waals surface area (Å²) in [6.45, 7) is 36.4. The lowest BCUT2D eigenvalue weighted by atomic mass is 9.32. The Morgan fingerprint density at radius 3 is 1.85 bits per heavy atom. The SMILES string of the molecule is CC1(C)CCC(C)(C)C2C1=CC1=C3B(c4cc(C(C)(C)C)ccc4N1c1ccc(C(C)(C)C)cc1)c1sc4cc5c(cc4c1N(c1ccc(C(C)(C)C)cc1)C32)-c1ccccc1C5(C)C. The van der Waals surface area contributed by atoms with Crippen molar-refractivity contribution in [1.29, 1.82) is 0 Å². The van der Waals surface area contributed by atoms with E-state index in [1.165, 1.54) is 101 Å². The van der Waals surface area contributed by atoms with Gasteiger partial charge in [-0.3, -0.25) is 0 Å². The van der Waals surface area contributed by atoms with Crippen molar-refractivity contribution in [2.75, 3.05) is 9.80 Å². The molecule has 5 aromatic carbocycles. The topological polar surface area (TPSA) is 6.48 Å². The van der Waals surface area contributed by atoms with Crippen molar-refractivity contribution in [1.82, 2.24) is 0 Å². The molecule has 0 radical (unpaired) electrons. The lowest BCUT2D eigenvalue weighted by Gasteiger charge is -2.60. The minimum atomic E-state index is -0.0740. The first-order valence-electron chi connectivity index (χ1n) is 24.5. The molecule has 0 N–H and O–H groups in total. The number of fused-ring (bicyclic) bond motifs is 11. The molecule has 5 aliphatic rings. The second-order valence-corrected chi connectivity index (χ2v) is 26.5. The number of thiophene rings is 1. The molecule has 332 valence electrons. The lowest BCUT2D eigenvalue weighted by molar-refractivity contribution is 0.111. The second-order valence-electron chi connectivity index (χ2n) is 25.4. The van der Waals surface area contributed by atoms with Crippen LogP contribution in [0.5, 0.6) is 0 Å². The van der Waals surface area contributed by atoms with Gasteiger partial charge in [0.15, 0.2) is 0 Å². The van der Waals surface area contributed by atoms with E-state index in [1.807, 2.05) is 0 Å². The smallest absolute Gasteiger partial charge is 0.259 e. The summed E-state index contributed by atoms with van der Waals surface area (Å²) < 4.78 is 2.88. The van der Waals surface area contributed by atoms with Crippen LogP contribution >= 0.6 is 11.3 Å². The zero-order chi connectivity index (χ0) is 46.1. The van der Waals surface area contributed by atoms with Gasteiger partial charge in [0, 0.05) is 49.0 Å². The van der Waals surface area contributed by atoms with Crippen LogP contribution in [0.25, 0.3) is 21.2 Å². The highest BCUT2D eigenvalue weighted by atomic mass is 32.1. The Morgan fingerprint density at radius 2 is 1.22 bits per heavy atom. The summed E-state index contributed by atoms with van der Waals surface area (Å²) in [5, 5.41) is 1.40. The standard InChI is InChI=1S/C61H69BN2S/c1-56(2,3)36-20-25-39(26-21-36)63-48-29-24-38(58(7,8)9)32-47(48)62-52-49(63)34-46-51(60(12,13)31-30-59(46,10)11)54(52)64(40-27-22-37(23-28-40)57(4,5)6)53-43-33-42-41-18-16-17-19-44(41)61(14,15)45(42)35-50(43)65-55(53)62/h16-29,32-35,51,54H,30-31H2,1-15H3. The molecule has 6 aromatic rings. The van der Waals surface area contributed by atoms with E-state index >= 15 is 0 Å². The van der Waals surface area contributed by atoms with Crippen LogP contribution in [-0.4, -0.2) is 12.8 Å². The van der Waals surface area contributed by atoms with Gasteiger partial charge < -0.3 is 9.80 Å². The van der Waals surface area contributed by atoms with Gasteiger partial charge in [-0.2, -0.15) is 0 Å². The molecule has 0 bridgehead atoms. The first kappa shape index (κ1) is 42.8. The van der Waals surface area contributed by atoms with Gasteiger partial charge >= 0.3 is 0 Å². The second kappa shape index (κ2) is 13.7. The highest BCUT2D eigenvalue weighted by Gasteiger charge is 2.59. The van der Waals surface area contributed by atoms with Crippen LogP contribution in [0.1, 0.15) is 145 Å². The summed E-state index contributed by atoms with van der Waals surface area (Å²) in [4.78, 5) is 5.58. The molecule has 1 saturated carbocycles. The molecule has 4 heteroatoms. The van der Waals surface area contributed by atoms with Crippen LogP contribution in [0.4, 0.5) is 22.7 Å². The van der Waals surface area contributed by atoms with E-state index in [9.17, 15) is 0 Å². The Balaban J connectivity index is 1.29. The fraction of sp³-hybridized carbons (Fsp3) is 0.410. The van der Waals surface area contributed by atoms with Gasteiger partial charge in [-0.25, -0.2) is 0 Å². The number of rotatable bonds is 2. The summed E-state index contributed by atoms with van der Waals surface area (Å²) in [5.41, 5.74) is 21.2. The predicted octanol–water partition coefficient (Wildman–Crippen LogP) is 15.6. The van der Waals surface area contributed by atoms with Crippen molar-refractivity contribution >= 4 is 61.1 Å². The van der Waals surface area contributed by atoms with Gasteiger partial charge in [0.2, 0.25) is 0 Å². The van der Waals surface area contributed by atoms with E-state index in [0.29, 0.717) is 5.92 Å². The monoisotopic (exact) mass is 873 g/mol. The molecular formula is C61H69BN2S. The van der Waals surface area contributed by atoms with Crippen molar-refractivity contribution in [3.63, 3.8) is 0 Å². The van der Waals surface area contributed by atoms with Crippen LogP contribution in [0.15, 0.2) is 126 Å². The molecule has 0 spiro atoms.